The lowest BCUT2D eigenvalue weighted by Crippen LogP contribution is -2.64. The maximum Gasteiger partial charge on any atom is 0.472 e. The van der Waals surface area contributed by atoms with Gasteiger partial charge in [-0.3, -0.25) is 23.2 Å². The van der Waals surface area contributed by atoms with E-state index in [0.717, 1.165) is 64.2 Å². The topological polar surface area (TPSA) is 276 Å². The Labute approximate surface area is 403 Å². The van der Waals surface area contributed by atoms with Crippen LogP contribution in [0.15, 0.2) is 97.2 Å². The van der Waals surface area contributed by atoms with E-state index in [0.29, 0.717) is 25.7 Å². The molecule has 17 nitrogen and oxygen atoms in total. The number of allylic oxidation sites excluding steroid dienone is 14. The molecule has 1 rings (SSSR count). The lowest BCUT2D eigenvalue weighted by molar-refractivity contribution is -0.216. The molecule has 0 spiro atoms. The molecule has 0 aromatic rings. The largest absolute Gasteiger partial charge is 0.472 e. The number of unbranched alkanes of at least 4 members (excludes halogenated alkanes) is 8. The van der Waals surface area contributed by atoms with E-state index >= 15 is 0 Å². The Kier molecular flexibility index (Phi) is 35.7. The summed E-state index contributed by atoms with van der Waals surface area (Å²) in [7, 11) is -10.7. The van der Waals surface area contributed by atoms with Gasteiger partial charge in [0.2, 0.25) is 0 Å². The van der Waals surface area contributed by atoms with Crippen molar-refractivity contribution in [2.45, 2.75) is 185 Å². The normalized spacial score (nSPS) is 22.6. The van der Waals surface area contributed by atoms with E-state index < -0.39 is 89.6 Å². The average molecular weight is 1000 g/mol. The van der Waals surface area contributed by atoms with Crippen LogP contribution in [0.5, 0.6) is 0 Å². The minimum Gasteiger partial charge on any atom is -0.462 e. The van der Waals surface area contributed by atoms with Gasteiger partial charge in [0.25, 0.3) is 0 Å². The smallest absolute Gasteiger partial charge is 0.462 e. The summed E-state index contributed by atoms with van der Waals surface area (Å²) in [6, 6.07) is 0. The molecule has 1 saturated carbocycles. The first-order valence-electron chi connectivity index (χ1n) is 23.9. The number of phosphoric ester groups is 2. The van der Waals surface area contributed by atoms with Gasteiger partial charge in [-0.25, -0.2) is 9.13 Å². The third-order valence-electron chi connectivity index (χ3n) is 10.2. The average Bonchev–Trinajstić information content (AvgIpc) is 3.29. The van der Waals surface area contributed by atoms with Crippen molar-refractivity contribution in [2.75, 3.05) is 13.2 Å². The molecular formula is C49H80O17P2. The van der Waals surface area contributed by atoms with Crippen molar-refractivity contribution < 1.29 is 82.0 Å². The van der Waals surface area contributed by atoms with Crippen molar-refractivity contribution in [3.05, 3.63) is 97.2 Å². The van der Waals surface area contributed by atoms with Crippen LogP contribution in [0.2, 0.25) is 0 Å². The highest BCUT2D eigenvalue weighted by atomic mass is 31.2. The van der Waals surface area contributed by atoms with Crippen LogP contribution in [-0.2, 0) is 41.8 Å². The molecule has 0 amide bonds. The Morgan fingerprint density at radius 1 is 0.559 bits per heavy atom. The van der Waals surface area contributed by atoms with Gasteiger partial charge in [0, 0.05) is 12.8 Å². The number of aliphatic hydroxyl groups is 5. The summed E-state index contributed by atoms with van der Waals surface area (Å²) in [6.07, 6.45) is 31.3. The molecule has 0 aromatic heterocycles. The molecule has 0 aliphatic heterocycles. The molecule has 0 radical (unpaired) electrons. The van der Waals surface area contributed by atoms with E-state index in [2.05, 4.69) is 47.9 Å². The lowest BCUT2D eigenvalue weighted by Gasteiger charge is -2.43. The first-order valence-corrected chi connectivity index (χ1v) is 26.9. The molecule has 1 aliphatic carbocycles. The standard InChI is InChI=1S/C49H80O17P2/c1-3-5-7-8-9-10-11-12-13-14-15-16-17-18-19-22-26-29-33-37-43(52)64-41(38-62-42(51)36-32-28-25-23-20-21-24-27-31-35-40(50)34-30-6-4-2)39-63-68(60,61)66-49-46(55)44(53)45(54)48(47(49)56)65-67(57,58)59/h6,9-10,12-13,15-16,18-19,24,26-27,29-31,35,40-41,44-50,53-56H,3-5,7-8,11,14,17,20-23,25,28,32-34,36-39H2,1-2H3,(H,60,61)(H2,57,58,59)/b10-9-,13-12-,16-15-,19-18-,27-24+,29-26-,30-6+,35-31+/t40?,41-,44?,45?,46?,47?,48-,49+/m1/s1. The molecule has 1 fully saturated rings. The second-order valence-corrected chi connectivity index (χ2v) is 18.9. The molecule has 8 N–H and O–H groups in total. The van der Waals surface area contributed by atoms with Crippen LogP contribution in [0.25, 0.3) is 0 Å². The van der Waals surface area contributed by atoms with Gasteiger partial charge in [-0.05, 0) is 77.0 Å². The fourth-order valence-electron chi connectivity index (χ4n) is 6.51. The van der Waals surface area contributed by atoms with Crippen LogP contribution < -0.4 is 0 Å². The molecular weight excluding hydrogens is 922 g/mol. The predicted octanol–water partition coefficient (Wildman–Crippen LogP) is 8.14. The Morgan fingerprint density at radius 2 is 1.10 bits per heavy atom. The van der Waals surface area contributed by atoms with Gasteiger partial charge >= 0.3 is 27.6 Å². The molecule has 0 bridgehead atoms. The highest BCUT2D eigenvalue weighted by molar-refractivity contribution is 7.47. The maximum absolute atomic E-state index is 13.0. The number of carbonyl (C=O) groups is 2. The van der Waals surface area contributed by atoms with Crippen molar-refractivity contribution in [2.24, 2.45) is 0 Å². The number of carbonyl (C=O) groups excluding carboxylic acids is 2. The predicted molar refractivity (Wildman–Crippen MR) is 261 cm³/mol. The van der Waals surface area contributed by atoms with Crippen LogP contribution in [-0.4, -0.2) is 114 Å². The first-order chi connectivity index (χ1) is 32.5. The Hall–Kier alpha value is -3.12. The van der Waals surface area contributed by atoms with Gasteiger partial charge in [0.05, 0.1) is 12.7 Å². The molecule has 6 unspecified atom stereocenters. The minimum absolute atomic E-state index is 0.0529. The summed E-state index contributed by atoms with van der Waals surface area (Å²) < 4.78 is 49.2. The van der Waals surface area contributed by atoms with Gasteiger partial charge in [-0.1, -0.05) is 143 Å². The maximum atomic E-state index is 13.0. The number of hydrogen-bond donors (Lipinski definition) is 8. The second-order valence-electron chi connectivity index (χ2n) is 16.3. The summed E-state index contributed by atoms with van der Waals surface area (Å²) in [4.78, 5) is 54.3. The number of ether oxygens (including phenoxy) is 2. The Balaban J connectivity index is 2.68. The molecule has 68 heavy (non-hydrogen) atoms. The molecule has 19 heteroatoms. The number of aliphatic hydroxyl groups excluding tert-OH is 5. The van der Waals surface area contributed by atoms with Gasteiger partial charge < -0.3 is 49.7 Å². The quantitative estimate of drug-likeness (QED) is 0.00953. The van der Waals surface area contributed by atoms with Gasteiger partial charge in [-0.15, -0.1) is 0 Å². The summed E-state index contributed by atoms with van der Waals surface area (Å²) >= 11 is 0. The highest BCUT2D eigenvalue weighted by Crippen LogP contribution is 2.49. The SMILES string of the molecule is CC/C=C/CC(O)/C=C/C=C/CCCCCCCC(=O)OC[C@H](COP(=O)(O)O[C@H]1C(O)C(O)C(O)[C@@H](OP(=O)(O)O)C1O)OC(=O)CC/C=C\C/C=C\C/C=C\C/C=C\C/C=C\CCCCC. The zero-order valence-corrected chi connectivity index (χ0v) is 41.6. The zero-order valence-electron chi connectivity index (χ0n) is 39.9. The molecule has 1 aliphatic rings. The molecule has 0 heterocycles. The first kappa shape index (κ1) is 62.9. The summed E-state index contributed by atoms with van der Waals surface area (Å²) in [5.74, 6) is -1.37. The number of phosphoric acid groups is 2. The fourth-order valence-corrected chi connectivity index (χ4v) is 8.05. The number of hydrogen-bond acceptors (Lipinski definition) is 14. The molecule has 388 valence electrons. The van der Waals surface area contributed by atoms with Crippen LogP contribution in [0.3, 0.4) is 0 Å². The number of rotatable bonds is 38. The van der Waals surface area contributed by atoms with Crippen molar-refractivity contribution in [3.63, 3.8) is 0 Å². The lowest BCUT2D eigenvalue weighted by atomic mass is 9.85. The van der Waals surface area contributed by atoms with Gasteiger partial charge in [-0.2, -0.15) is 0 Å². The van der Waals surface area contributed by atoms with Crippen LogP contribution in [0, 0.1) is 0 Å². The van der Waals surface area contributed by atoms with E-state index in [1.54, 1.807) is 12.2 Å². The summed E-state index contributed by atoms with van der Waals surface area (Å²) in [5.41, 5.74) is 0. The summed E-state index contributed by atoms with van der Waals surface area (Å²) in [5, 5.41) is 51.1. The van der Waals surface area contributed by atoms with E-state index in [4.69, 9.17) is 18.5 Å². The fraction of sp³-hybridized carbons (Fsp3) is 0.633. The monoisotopic (exact) mass is 1000 g/mol. The van der Waals surface area contributed by atoms with Crippen LogP contribution >= 0.6 is 15.6 Å². The van der Waals surface area contributed by atoms with E-state index in [9.17, 15) is 58.9 Å². The summed E-state index contributed by atoms with van der Waals surface area (Å²) in [6.45, 7) is 2.78. The van der Waals surface area contributed by atoms with Crippen molar-refractivity contribution in [3.8, 4) is 0 Å². The van der Waals surface area contributed by atoms with Crippen molar-refractivity contribution in [1.29, 1.82) is 0 Å². The Morgan fingerprint density at radius 3 is 1.71 bits per heavy atom. The highest BCUT2D eigenvalue weighted by Gasteiger charge is 2.54. The van der Waals surface area contributed by atoms with Gasteiger partial charge in [0.15, 0.2) is 6.10 Å². The van der Waals surface area contributed by atoms with Crippen LogP contribution in [0.4, 0.5) is 0 Å². The minimum atomic E-state index is -5.39. The van der Waals surface area contributed by atoms with E-state index in [1.165, 1.54) is 19.3 Å². The molecule has 0 saturated heterocycles. The van der Waals surface area contributed by atoms with Gasteiger partial charge in [0.1, 0.15) is 43.2 Å². The van der Waals surface area contributed by atoms with Crippen molar-refractivity contribution >= 4 is 27.6 Å². The third kappa shape index (κ3) is 32.6. The third-order valence-corrected chi connectivity index (χ3v) is 11.7. The number of esters is 2. The van der Waals surface area contributed by atoms with Crippen molar-refractivity contribution in [1.82, 2.24) is 0 Å². The Bertz CT molecular complexity index is 1700. The van der Waals surface area contributed by atoms with Crippen LogP contribution in [0.1, 0.15) is 136 Å². The molecule has 0 aromatic carbocycles. The second kappa shape index (κ2) is 38.6. The molecule has 9 atom stereocenters. The zero-order chi connectivity index (χ0) is 50.5. The van der Waals surface area contributed by atoms with E-state index in [1.807, 2.05) is 55.5 Å². The van der Waals surface area contributed by atoms with E-state index in [-0.39, 0.29) is 12.8 Å².